The minimum Gasteiger partial charge on any atom is -0.325 e. The number of nitrogens with zero attached hydrogens (tertiary/aromatic N) is 1. The highest BCUT2D eigenvalue weighted by atomic mass is 32.2. The first-order valence-corrected chi connectivity index (χ1v) is 8.00. The third-order valence-corrected chi connectivity index (χ3v) is 4.24. The Kier molecular flexibility index (Phi) is 5.68. The number of thioether (sulfide) groups is 1. The van der Waals surface area contributed by atoms with E-state index in [-0.39, 0.29) is 10.6 Å². The van der Waals surface area contributed by atoms with Crippen LogP contribution in [0.15, 0.2) is 47.4 Å². The van der Waals surface area contributed by atoms with Crippen LogP contribution in [0.1, 0.15) is 11.1 Å². The van der Waals surface area contributed by atoms with Crippen molar-refractivity contribution in [3.63, 3.8) is 0 Å². The smallest absolute Gasteiger partial charge is 0.325 e. The van der Waals surface area contributed by atoms with E-state index in [9.17, 15) is 28.1 Å². The van der Waals surface area contributed by atoms with Crippen LogP contribution in [0.4, 0.5) is 24.5 Å². The van der Waals surface area contributed by atoms with Gasteiger partial charge in [-0.15, -0.1) is 11.8 Å². The maximum atomic E-state index is 12.7. The van der Waals surface area contributed by atoms with E-state index < -0.39 is 28.3 Å². The van der Waals surface area contributed by atoms with Crippen molar-refractivity contribution in [1.82, 2.24) is 0 Å². The van der Waals surface area contributed by atoms with E-state index >= 15 is 0 Å². The highest BCUT2D eigenvalue weighted by molar-refractivity contribution is 8.00. The molecular formula is C16H13F3N2O3S. The number of carbonyl (C=O) groups excluding carboxylic acids is 1. The number of amides is 1. The van der Waals surface area contributed by atoms with Crippen molar-refractivity contribution in [1.29, 1.82) is 0 Å². The van der Waals surface area contributed by atoms with Crippen LogP contribution in [0.3, 0.4) is 0 Å². The molecule has 2 rings (SSSR count). The molecule has 0 bridgehead atoms. The van der Waals surface area contributed by atoms with Crippen LogP contribution in [0.5, 0.6) is 0 Å². The predicted octanol–water partition coefficient (Wildman–Crippen LogP) is 4.65. The van der Waals surface area contributed by atoms with E-state index in [1.807, 2.05) is 19.1 Å². The lowest BCUT2D eigenvalue weighted by atomic mass is 10.2. The first-order chi connectivity index (χ1) is 11.7. The zero-order valence-corrected chi connectivity index (χ0v) is 13.8. The summed E-state index contributed by atoms with van der Waals surface area (Å²) in [5, 5.41) is 13.6. The lowest BCUT2D eigenvalue weighted by Crippen LogP contribution is -2.14. The zero-order valence-electron chi connectivity index (χ0n) is 13.0. The molecule has 25 heavy (non-hydrogen) atoms. The second-order valence-electron chi connectivity index (χ2n) is 5.14. The molecule has 0 atom stereocenters. The lowest BCUT2D eigenvalue weighted by Gasteiger charge is -2.09. The Morgan fingerprint density at radius 1 is 1.20 bits per heavy atom. The number of nitro groups is 1. The molecule has 0 spiro atoms. The van der Waals surface area contributed by atoms with E-state index in [4.69, 9.17) is 0 Å². The van der Waals surface area contributed by atoms with Gasteiger partial charge >= 0.3 is 6.18 Å². The molecule has 0 saturated carbocycles. The van der Waals surface area contributed by atoms with Gasteiger partial charge in [0, 0.05) is 11.8 Å². The minimum atomic E-state index is -4.67. The van der Waals surface area contributed by atoms with Gasteiger partial charge in [0.05, 0.1) is 21.1 Å². The number of anilines is 1. The van der Waals surface area contributed by atoms with Gasteiger partial charge in [-0.3, -0.25) is 14.9 Å². The van der Waals surface area contributed by atoms with Gasteiger partial charge in [0.1, 0.15) is 0 Å². The number of alkyl halides is 3. The van der Waals surface area contributed by atoms with E-state index in [1.54, 1.807) is 12.1 Å². The third kappa shape index (κ3) is 5.21. The summed E-state index contributed by atoms with van der Waals surface area (Å²) < 4.78 is 38.0. The maximum absolute atomic E-state index is 12.7. The fourth-order valence-electron chi connectivity index (χ4n) is 1.94. The summed E-state index contributed by atoms with van der Waals surface area (Å²) in [4.78, 5) is 22.0. The Bertz CT molecular complexity index is 792. The second-order valence-corrected chi connectivity index (χ2v) is 6.16. The molecule has 9 heteroatoms. The molecule has 0 heterocycles. The highest BCUT2D eigenvalue weighted by Gasteiger charge is 2.33. The van der Waals surface area contributed by atoms with Crippen LogP contribution in [0.2, 0.25) is 0 Å². The van der Waals surface area contributed by atoms with Crippen molar-refractivity contribution >= 4 is 29.0 Å². The summed E-state index contributed by atoms with van der Waals surface area (Å²) in [5.41, 5.74) is -0.193. The van der Waals surface area contributed by atoms with Crippen molar-refractivity contribution in [3.05, 3.63) is 63.7 Å². The van der Waals surface area contributed by atoms with Crippen LogP contribution < -0.4 is 5.32 Å². The summed E-state index contributed by atoms with van der Waals surface area (Å²) in [6.45, 7) is 1.89. The molecule has 1 amide bonds. The molecule has 0 unspecified atom stereocenters. The number of halogens is 3. The standard InChI is InChI=1S/C16H13F3N2O3S/c1-10-2-5-12(6-3-10)20-15(22)9-25-14-7-4-11(16(17,18)19)8-13(14)21(23)24/h2-8H,9H2,1H3,(H,20,22). The summed E-state index contributed by atoms with van der Waals surface area (Å²) in [6, 6.07) is 9.27. The fourth-order valence-corrected chi connectivity index (χ4v) is 2.74. The monoisotopic (exact) mass is 370 g/mol. The number of nitro benzene ring substituents is 1. The van der Waals surface area contributed by atoms with Crippen LogP contribution in [-0.2, 0) is 11.0 Å². The third-order valence-electron chi connectivity index (χ3n) is 3.18. The Balaban J connectivity index is 2.07. The first kappa shape index (κ1) is 18.8. The Morgan fingerprint density at radius 3 is 2.40 bits per heavy atom. The fraction of sp³-hybridized carbons (Fsp3) is 0.188. The average molecular weight is 370 g/mol. The normalized spacial score (nSPS) is 11.2. The van der Waals surface area contributed by atoms with Crippen molar-refractivity contribution in [3.8, 4) is 0 Å². The Hall–Kier alpha value is -2.55. The minimum absolute atomic E-state index is 0.00273. The molecule has 2 aromatic carbocycles. The summed E-state index contributed by atoms with van der Waals surface area (Å²) in [5.74, 6) is -0.580. The number of nitrogens with one attached hydrogen (secondary N) is 1. The van der Waals surface area contributed by atoms with Gasteiger partial charge in [0.25, 0.3) is 5.69 Å². The van der Waals surface area contributed by atoms with Gasteiger partial charge in [-0.25, -0.2) is 0 Å². The quantitative estimate of drug-likeness (QED) is 0.472. The SMILES string of the molecule is Cc1ccc(NC(=O)CSc2ccc(C(F)(F)F)cc2[N+](=O)[O-])cc1. The average Bonchev–Trinajstić information content (AvgIpc) is 2.54. The largest absolute Gasteiger partial charge is 0.416 e. The number of hydrogen-bond donors (Lipinski definition) is 1. The summed E-state index contributed by atoms with van der Waals surface area (Å²) in [6.07, 6.45) is -4.67. The van der Waals surface area contributed by atoms with Gasteiger partial charge in [-0.05, 0) is 31.2 Å². The molecule has 0 aliphatic carbocycles. The molecule has 0 aromatic heterocycles. The highest BCUT2D eigenvalue weighted by Crippen LogP contribution is 2.36. The topological polar surface area (TPSA) is 72.2 Å². The molecule has 0 aliphatic rings. The molecule has 0 radical (unpaired) electrons. The Labute approximate surface area is 145 Å². The van der Waals surface area contributed by atoms with Gasteiger partial charge in [0.2, 0.25) is 5.91 Å². The molecule has 132 valence electrons. The Morgan fingerprint density at radius 2 is 1.84 bits per heavy atom. The number of benzene rings is 2. The van der Waals surface area contributed by atoms with E-state index in [1.165, 1.54) is 0 Å². The van der Waals surface area contributed by atoms with Crippen molar-refractivity contribution in [2.45, 2.75) is 18.0 Å². The van der Waals surface area contributed by atoms with E-state index in [0.717, 1.165) is 29.5 Å². The summed E-state index contributed by atoms with van der Waals surface area (Å²) in [7, 11) is 0. The maximum Gasteiger partial charge on any atom is 0.416 e. The van der Waals surface area contributed by atoms with Crippen molar-refractivity contribution in [2.24, 2.45) is 0 Å². The van der Waals surface area contributed by atoms with Crippen molar-refractivity contribution in [2.75, 3.05) is 11.1 Å². The molecule has 0 saturated heterocycles. The molecular weight excluding hydrogens is 357 g/mol. The number of hydrogen-bond acceptors (Lipinski definition) is 4. The number of rotatable bonds is 5. The van der Waals surface area contributed by atoms with Crippen LogP contribution >= 0.6 is 11.8 Å². The van der Waals surface area contributed by atoms with E-state index in [2.05, 4.69) is 5.32 Å². The molecule has 2 aromatic rings. The molecule has 5 nitrogen and oxygen atoms in total. The van der Waals surface area contributed by atoms with Crippen LogP contribution in [0.25, 0.3) is 0 Å². The van der Waals surface area contributed by atoms with Crippen molar-refractivity contribution < 1.29 is 22.9 Å². The number of aryl methyl sites for hydroxylation is 1. The molecule has 1 N–H and O–H groups in total. The molecule has 0 aliphatic heterocycles. The van der Waals surface area contributed by atoms with Gasteiger partial charge in [-0.2, -0.15) is 13.2 Å². The van der Waals surface area contributed by atoms with Crippen LogP contribution in [0, 0.1) is 17.0 Å². The van der Waals surface area contributed by atoms with Gasteiger partial charge < -0.3 is 5.32 Å². The van der Waals surface area contributed by atoms with Gasteiger partial charge in [-0.1, -0.05) is 17.7 Å². The summed E-state index contributed by atoms with van der Waals surface area (Å²) >= 11 is 0.804. The van der Waals surface area contributed by atoms with Crippen LogP contribution in [-0.4, -0.2) is 16.6 Å². The lowest BCUT2D eigenvalue weighted by molar-refractivity contribution is -0.388. The predicted molar refractivity (Wildman–Crippen MR) is 88.6 cm³/mol. The van der Waals surface area contributed by atoms with Gasteiger partial charge in [0.15, 0.2) is 0 Å². The second kappa shape index (κ2) is 7.56. The molecule has 0 fully saturated rings. The van der Waals surface area contributed by atoms with E-state index in [0.29, 0.717) is 11.8 Å². The first-order valence-electron chi connectivity index (χ1n) is 7.02. The number of carbonyl (C=O) groups is 1. The zero-order chi connectivity index (χ0) is 18.6.